The Morgan fingerprint density at radius 1 is 0.978 bits per heavy atom. The number of nitrogens with one attached hydrogen (secondary N) is 1. The first-order chi connectivity index (χ1) is 21.2. The molecule has 3 atom stereocenters. The summed E-state index contributed by atoms with van der Waals surface area (Å²) in [5.74, 6) is -2.26. The predicted octanol–water partition coefficient (Wildman–Crippen LogP) is 3.98. The van der Waals surface area contributed by atoms with Crippen LogP contribution in [0.1, 0.15) is 52.4 Å². The van der Waals surface area contributed by atoms with Crippen molar-refractivity contribution in [1.29, 1.82) is 0 Å². The minimum atomic E-state index is -4.48. The van der Waals surface area contributed by atoms with Crippen molar-refractivity contribution in [3.63, 3.8) is 0 Å². The van der Waals surface area contributed by atoms with Gasteiger partial charge in [0.05, 0.1) is 34.9 Å². The molecule has 0 saturated carbocycles. The van der Waals surface area contributed by atoms with E-state index in [-0.39, 0.29) is 35.1 Å². The normalized spacial score (nSPS) is 17.5. The second-order valence-electron chi connectivity index (χ2n) is 11.0. The fraction of sp³-hybridized carbons (Fsp3) is 0.344. The van der Waals surface area contributed by atoms with E-state index in [2.05, 4.69) is 5.32 Å². The second kappa shape index (κ2) is 13.4. The molecule has 0 aliphatic carbocycles. The van der Waals surface area contributed by atoms with Gasteiger partial charge in [-0.2, -0.15) is 13.2 Å². The van der Waals surface area contributed by atoms with E-state index in [0.717, 1.165) is 12.1 Å². The molecule has 1 saturated heterocycles. The molecular weight excluding hydrogens is 611 g/mol. The molecule has 1 aliphatic rings. The molecule has 45 heavy (non-hydrogen) atoms. The number of rotatable bonds is 10. The Balaban J connectivity index is 1.53. The topological polar surface area (TPSA) is 124 Å². The van der Waals surface area contributed by atoms with Gasteiger partial charge in [0.15, 0.2) is 9.84 Å². The fourth-order valence-corrected chi connectivity index (χ4v) is 6.16. The maximum absolute atomic E-state index is 13.2. The number of ketones is 1. The molecule has 2 N–H and O–H groups in total. The third kappa shape index (κ3) is 7.54. The molecule has 240 valence electrons. The number of alkyl halides is 3. The third-order valence-corrected chi connectivity index (χ3v) is 9.65. The molecule has 1 fully saturated rings. The van der Waals surface area contributed by atoms with E-state index in [4.69, 9.17) is 0 Å². The molecule has 1 unspecified atom stereocenters. The lowest BCUT2D eigenvalue weighted by Gasteiger charge is -2.26. The van der Waals surface area contributed by atoms with Gasteiger partial charge in [-0.1, -0.05) is 31.2 Å². The van der Waals surface area contributed by atoms with E-state index in [1.807, 2.05) is 0 Å². The van der Waals surface area contributed by atoms with Crippen LogP contribution in [-0.4, -0.2) is 75.1 Å². The molecule has 0 bridgehead atoms. The van der Waals surface area contributed by atoms with Gasteiger partial charge in [0.25, 0.3) is 11.8 Å². The van der Waals surface area contributed by atoms with Gasteiger partial charge in [-0.3, -0.25) is 14.4 Å². The monoisotopic (exact) mass is 645 g/mol. The van der Waals surface area contributed by atoms with Crippen LogP contribution >= 0.6 is 0 Å². The van der Waals surface area contributed by atoms with Crippen LogP contribution in [-0.2, 0) is 25.6 Å². The molecule has 0 radical (unpaired) electrons. The van der Waals surface area contributed by atoms with Crippen molar-refractivity contribution in [3.8, 4) is 0 Å². The summed E-state index contributed by atoms with van der Waals surface area (Å²) in [6.45, 7) is 1.35. The molecule has 4 rings (SSSR count). The number of sulfone groups is 1. The Bertz CT molecular complexity index is 1640. The summed E-state index contributed by atoms with van der Waals surface area (Å²) in [5.41, 5.74) is 1.11. The number of aliphatic hydroxyl groups excluding tert-OH is 1. The highest BCUT2D eigenvalue weighted by molar-refractivity contribution is 7.91. The van der Waals surface area contributed by atoms with Crippen molar-refractivity contribution in [2.24, 2.45) is 0 Å². The second-order valence-corrected chi connectivity index (χ2v) is 13.3. The van der Waals surface area contributed by atoms with Crippen molar-refractivity contribution in [2.75, 3.05) is 37.9 Å². The highest BCUT2D eigenvalue weighted by atomic mass is 32.2. The number of Topliss-reactive ketones (excluding diaryl/α,β-unsaturated/α-hetero) is 1. The van der Waals surface area contributed by atoms with Crippen LogP contribution in [0, 0.1) is 0 Å². The first-order valence-electron chi connectivity index (χ1n) is 14.2. The first kappa shape index (κ1) is 33.7. The largest absolute Gasteiger partial charge is 0.416 e. The molecule has 0 aromatic heterocycles. The zero-order valence-corrected chi connectivity index (χ0v) is 25.7. The summed E-state index contributed by atoms with van der Waals surface area (Å²) in [7, 11) is -0.487. The van der Waals surface area contributed by atoms with E-state index in [1.54, 1.807) is 17.0 Å². The lowest BCUT2D eigenvalue weighted by atomic mass is 9.94. The predicted molar refractivity (Wildman–Crippen MR) is 162 cm³/mol. The van der Waals surface area contributed by atoms with E-state index in [0.29, 0.717) is 16.8 Å². The highest BCUT2D eigenvalue weighted by Gasteiger charge is 2.41. The Morgan fingerprint density at radius 3 is 2.09 bits per heavy atom. The summed E-state index contributed by atoms with van der Waals surface area (Å²) in [4.78, 5) is 41.9. The number of hydrogen-bond donors (Lipinski definition) is 2. The van der Waals surface area contributed by atoms with Crippen LogP contribution in [0.15, 0.2) is 77.7 Å². The highest BCUT2D eigenvalue weighted by Crippen LogP contribution is 2.37. The fourth-order valence-electron chi connectivity index (χ4n) is 5.27. The molecule has 3 aromatic carbocycles. The molecule has 3 aromatic rings. The number of amides is 2. The Kier molecular flexibility index (Phi) is 10.0. The number of carbonyl (C=O) groups excluding carboxylic acids is 3. The lowest BCUT2D eigenvalue weighted by Crippen LogP contribution is -2.44. The van der Waals surface area contributed by atoms with Crippen LogP contribution in [0.3, 0.4) is 0 Å². The number of carbonyl (C=O) groups is 3. The summed E-state index contributed by atoms with van der Waals surface area (Å²) in [5, 5.41) is 12.6. The summed E-state index contributed by atoms with van der Waals surface area (Å²) >= 11 is 0. The summed E-state index contributed by atoms with van der Waals surface area (Å²) < 4.78 is 63.5. The van der Waals surface area contributed by atoms with E-state index in [1.165, 1.54) is 74.4 Å². The minimum Gasteiger partial charge on any atom is -0.394 e. The number of aliphatic hydroxyl groups is 1. The van der Waals surface area contributed by atoms with Gasteiger partial charge in [0.2, 0.25) is 5.78 Å². The maximum atomic E-state index is 13.2. The number of nitrogens with zero attached hydrogens (tertiary/aromatic N) is 2. The molecule has 0 spiro atoms. The lowest BCUT2D eigenvalue weighted by molar-refractivity contribution is -0.143. The Morgan fingerprint density at radius 2 is 1.58 bits per heavy atom. The van der Waals surface area contributed by atoms with E-state index < -0.39 is 57.9 Å². The molecule has 9 nitrogen and oxygen atoms in total. The molecule has 13 heteroatoms. The quantitative estimate of drug-likeness (QED) is 0.320. The Hall–Kier alpha value is -4.23. The van der Waals surface area contributed by atoms with Crippen LogP contribution in [0.25, 0.3) is 0 Å². The number of hydrogen-bond acceptors (Lipinski definition) is 7. The SMILES string of the molecule is CCS(=O)(=O)c1ccc([C@H](CO)NC(=O)c2ccc(N3CC(c4ccc(C(F)(F)F)cc4)C[C@H]3C(=O)C(=O)N(C)C)cc2)cc1. The van der Waals surface area contributed by atoms with Crippen LogP contribution in [0.5, 0.6) is 0 Å². The van der Waals surface area contributed by atoms with Gasteiger partial charge in [-0.15, -0.1) is 0 Å². The van der Waals surface area contributed by atoms with Crippen LogP contribution in [0.4, 0.5) is 18.9 Å². The number of anilines is 1. The van der Waals surface area contributed by atoms with Gasteiger partial charge < -0.3 is 20.2 Å². The van der Waals surface area contributed by atoms with Gasteiger partial charge in [0, 0.05) is 37.8 Å². The van der Waals surface area contributed by atoms with Crippen molar-refractivity contribution < 1.29 is 41.1 Å². The van der Waals surface area contributed by atoms with Crippen molar-refractivity contribution >= 4 is 33.1 Å². The van der Waals surface area contributed by atoms with E-state index >= 15 is 0 Å². The zero-order chi connectivity index (χ0) is 33.1. The Labute approximate surface area is 259 Å². The van der Waals surface area contributed by atoms with E-state index in [9.17, 15) is 41.1 Å². The van der Waals surface area contributed by atoms with Crippen LogP contribution < -0.4 is 10.2 Å². The zero-order valence-electron chi connectivity index (χ0n) is 24.9. The maximum Gasteiger partial charge on any atom is 0.416 e. The molecule has 1 aliphatic heterocycles. The molecule has 1 heterocycles. The number of benzene rings is 3. The third-order valence-electron chi connectivity index (χ3n) is 7.90. The first-order valence-corrected chi connectivity index (χ1v) is 15.8. The minimum absolute atomic E-state index is 0.0590. The van der Waals surface area contributed by atoms with Crippen molar-refractivity contribution in [3.05, 3.63) is 95.1 Å². The smallest absolute Gasteiger partial charge is 0.394 e. The molecule has 2 amide bonds. The number of halogens is 3. The van der Waals surface area contributed by atoms with Crippen LogP contribution in [0.2, 0.25) is 0 Å². The molecular formula is C32H34F3N3O6S. The van der Waals surface area contributed by atoms with Crippen molar-refractivity contribution in [1.82, 2.24) is 10.2 Å². The van der Waals surface area contributed by atoms with Crippen molar-refractivity contribution in [2.45, 2.75) is 42.4 Å². The van der Waals surface area contributed by atoms with Gasteiger partial charge in [0.1, 0.15) is 0 Å². The number of likely N-dealkylation sites (N-methyl/N-ethyl adjacent to an activating group) is 1. The average Bonchev–Trinajstić information content (AvgIpc) is 3.48. The average molecular weight is 646 g/mol. The van der Waals surface area contributed by atoms with Gasteiger partial charge in [-0.05, 0) is 66.1 Å². The summed E-state index contributed by atoms with van der Waals surface area (Å²) in [6, 6.07) is 15.2. The summed E-state index contributed by atoms with van der Waals surface area (Å²) in [6.07, 6.45) is -4.27. The van der Waals surface area contributed by atoms with Gasteiger partial charge in [-0.25, -0.2) is 8.42 Å². The standard InChI is InChI=1S/C32H34F3N3O6S/c1-4-45(43,44)26-15-9-21(10-16-26)27(19-39)36-30(41)22-7-13-25(14-8-22)38-18-23(17-28(38)29(40)31(42)37(2)3)20-5-11-24(12-6-20)32(33,34)35/h5-16,23,27-28,39H,4,17-19H2,1-3H3,(H,36,41)/t23?,27-,28-/m0/s1. The van der Waals surface area contributed by atoms with Gasteiger partial charge >= 0.3 is 6.18 Å².